The van der Waals surface area contributed by atoms with Crippen molar-refractivity contribution in [2.75, 3.05) is 21.3 Å². The van der Waals surface area contributed by atoms with E-state index in [-0.39, 0.29) is 5.89 Å². The van der Waals surface area contributed by atoms with Gasteiger partial charge in [0.25, 0.3) is 5.89 Å². The molecule has 0 saturated heterocycles. The number of nitrogens with zero attached hydrogens (tertiary/aromatic N) is 2. The van der Waals surface area contributed by atoms with Crippen LogP contribution in [0.15, 0.2) is 47.0 Å². The highest BCUT2D eigenvalue weighted by Gasteiger charge is 2.15. The number of hydrogen-bond acceptors (Lipinski definition) is 6. The molecule has 26 heavy (non-hydrogen) atoms. The minimum atomic E-state index is 0.203. The summed E-state index contributed by atoms with van der Waals surface area (Å²) in [5, 5.41) is 4.28. The largest absolute Gasteiger partial charge is 0.497 e. The summed E-state index contributed by atoms with van der Waals surface area (Å²) in [5.41, 5.74) is 1.50. The Morgan fingerprint density at radius 1 is 1.00 bits per heavy atom. The Labute approximate surface area is 156 Å². The van der Waals surface area contributed by atoms with Crippen molar-refractivity contribution >= 4 is 22.7 Å². The molecule has 2 aromatic carbocycles. The Kier molecular flexibility index (Phi) is 5.43. The number of halogens is 1. The number of rotatable bonds is 6. The predicted octanol–water partition coefficient (Wildman–Crippen LogP) is 4.50. The van der Waals surface area contributed by atoms with Crippen molar-refractivity contribution in [3.63, 3.8) is 0 Å². The van der Waals surface area contributed by atoms with Crippen molar-refractivity contribution in [1.82, 2.24) is 10.1 Å². The lowest BCUT2D eigenvalue weighted by atomic mass is 10.2. The molecule has 0 unspecified atom stereocenters. The van der Waals surface area contributed by atoms with Crippen molar-refractivity contribution < 1.29 is 18.7 Å². The number of benzene rings is 2. The molecule has 7 heteroatoms. The van der Waals surface area contributed by atoms with E-state index in [2.05, 4.69) is 10.1 Å². The van der Waals surface area contributed by atoms with Gasteiger partial charge >= 0.3 is 0 Å². The molecule has 0 N–H and O–H groups in total. The summed E-state index contributed by atoms with van der Waals surface area (Å²) in [5.74, 6) is 2.56. The van der Waals surface area contributed by atoms with Crippen LogP contribution < -0.4 is 14.2 Å². The number of aromatic nitrogens is 2. The molecule has 3 rings (SSSR count). The van der Waals surface area contributed by atoms with Crippen LogP contribution in [0.3, 0.4) is 0 Å². The predicted molar refractivity (Wildman–Crippen MR) is 99.6 cm³/mol. The molecule has 1 heterocycles. The minimum absolute atomic E-state index is 0.203. The third kappa shape index (κ3) is 3.81. The van der Waals surface area contributed by atoms with E-state index < -0.39 is 0 Å². The molecule has 6 nitrogen and oxygen atoms in total. The number of methoxy groups -OCH3 is 3. The normalized spacial score (nSPS) is 11.3. The fourth-order valence-electron chi connectivity index (χ4n) is 2.38. The summed E-state index contributed by atoms with van der Waals surface area (Å²) in [6.45, 7) is 0. The average molecular weight is 373 g/mol. The van der Waals surface area contributed by atoms with Crippen LogP contribution in [0.1, 0.15) is 11.5 Å². The number of para-hydroxylation sites is 1. The molecule has 0 amide bonds. The minimum Gasteiger partial charge on any atom is -0.497 e. The number of hydrogen-bond donors (Lipinski definition) is 0. The lowest BCUT2D eigenvalue weighted by molar-refractivity contribution is 0.394. The van der Waals surface area contributed by atoms with Crippen LogP contribution in [0.4, 0.5) is 0 Å². The van der Waals surface area contributed by atoms with Crippen molar-refractivity contribution in [2.24, 2.45) is 0 Å². The second-order valence-electron chi connectivity index (χ2n) is 5.26. The van der Waals surface area contributed by atoms with Crippen LogP contribution in [0.25, 0.3) is 22.5 Å². The molecule has 0 fully saturated rings. The van der Waals surface area contributed by atoms with Crippen molar-refractivity contribution in [3.05, 3.63) is 53.9 Å². The Morgan fingerprint density at radius 3 is 2.35 bits per heavy atom. The van der Waals surface area contributed by atoms with E-state index in [0.29, 0.717) is 28.1 Å². The molecular weight excluding hydrogens is 356 g/mol. The zero-order valence-corrected chi connectivity index (χ0v) is 15.3. The van der Waals surface area contributed by atoms with Gasteiger partial charge in [0, 0.05) is 6.07 Å². The molecule has 0 radical (unpaired) electrons. The summed E-state index contributed by atoms with van der Waals surface area (Å²) in [6, 6.07) is 12.8. The summed E-state index contributed by atoms with van der Waals surface area (Å²) >= 11 is 6.36. The van der Waals surface area contributed by atoms with Gasteiger partial charge in [0.2, 0.25) is 5.82 Å². The second-order valence-corrected chi connectivity index (χ2v) is 5.67. The third-order valence-corrected chi connectivity index (χ3v) is 3.92. The molecule has 0 atom stereocenters. The van der Waals surface area contributed by atoms with Gasteiger partial charge in [0.05, 0.1) is 26.9 Å². The molecular formula is C19H17ClN2O4. The van der Waals surface area contributed by atoms with Crippen LogP contribution >= 0.6 is 11.6 Å². The van der Waals surface area contributed by atoms with Crippen LogP contribution in [-0.4, -0.2) is 31.5 Å². The lowest BCUT2D eigenvalue weighted by Gasteiger charge is -2.06. The van der Waals surface area contributed by atoms with E-state index >= 15 is 0 Å². The van der Waals surface area contributed by atoms with Crippen LogP contribution in [-0.2, 0) is 0 Å². The molecule has 0 aliphatic carbocycles. The van der Waals surface area contributed by atoms with Gasteiger partial charge in [-0.1, -0.05) is 28.9 Å². The maximum atomic E-state index is 6.36. The quantitative estimate of drug-likeness (QED) is 0.634. The van der Waals surface area contributed by atoms with E-state index in [4.69, 9.17) is 30.3 Å². The summed E-state index contributed by atoms with van der Waals surface area (Å²) < 4.78 is 21.1. The number of ether oxygens (including phenoxy) is 3. The topological polar surface area (TPSA) is 66.6 Å². The van der Waals surface area contributed by atoms with E-state index in [9.17, 15) is 0 Å². The van der Waals surface area contributed by atoms with Crippen molar-refractivity contribution in [3.8, 4) is 28.6 Å². The maximum Gasteiger partial charge on any atom is 0.269 e. The van der Waals surface area contributed by atoms with Gasteiger partial charge in [0.1, 0.15) is 22.3 Å². The Hall–Kier alpha value is -2.99. The molecule has 0 saturated carbocycles. The smallest absolute Gasteiger partial charge is 0.269 e. The molecule has 0 spiro atoms. The zero-order valence-electron chi connectivity index (χ0n) is 14.5. The molecule has 0 aliphatic heterocycles. The van der Waals surface area contributed by atoms with E-state index in [0.717, 1.165) is 11.1 Å². The van der Waals surface area contributed by atoms with Gasteiger partial charge in [0.15, 0.2) is 0 Å². The van der Waals surface area contributed by atoms with Crippen molar-refractivity contribution in [1.29, 1.82) is 0 Å². The molecule has 0 aliphatic rings. The van der Waals surface area contributed by atoms with Crippen LogP contribution in [0.2, 0.25) is 0 Å². The zero-order chi connectivity index (χ0) is 18.5. The van der Waals surface area contributed by atoms with Gasteiger partial charge in [-0.3, -0.25) is 0 Å². The fourth-order valence-corrected chi connectivity index (χ4v) is 2.58. The van der Waals surface area contributed by atoms with Crippen LogP contribution in [0.5, 0.6) is 17.2 Å². The van der Waals surface area contributed by atoms with E-state index in [1.807, 2.05) is 36.4 Å². The fraction of sp³-hybridized carbons (Fsp3) is 0.158. The van der Waals surface area contributed by atoms with Gasteiger partial charge in [-0.2, -0.15) is 4.98 Å². The Balaban J connectivity index is 1.93. The summed E-state index contributed by atoms with van der Waals surface area (Å²) in [7, 11) is 4.76. The summed E-state index contributed by atoms with van der Waals surface area (Å²) in [6.07, 6.45) is 1.70. The van der Waals surface area contributed by atoms with Gasteiger partial charge in [-0.05, 0) is 35.9 Å². The molecule has 0 bridgehead atoms. The first kappa shape index (κ1) is 17.8. The first-order valence-electron chi connectivity index (χ1n) is 7.72. The van der Waals surface area contributed by atoms with Crippen molar-refractivity contribution in [2.45, 2.75) is 0 Å². The Bertz CT molecular complexity index is 915. The van der Waals surface area contributed by atoms with E-state index in [1.54, 1.807) is 33.5 Å². The Morgan fingerprint density at radius 2 is 1.69 bits per heavy atom. The van der Waals surface area contributed by atoms with Gasteiger partial charge < -0.3 is 18.7 Å². The highest BCUT2D eigenvalue weighted by atomic mass is 35.5. The lowest BCUT2D eigenvalue weighted by Crippen LogP contribution is -1.89. The van der Waals surface area contributed by atoms with Crippen LogP contribution in [0, 0.1) is 0 Å². The first-order valence-corrected chi connectivity index (χ1v) is 8.10. The van der Waals surface area contributed by atoms with E-state index in [1.165, 1.54) is 0 Å². The molecule has 134 valence electrons. The second kappa shape index (κ2) is 7.93. The molecule has 1 aromatic heterocycles. The highest BCUT2D eigenvalue weighted by Crippen LogP contribution is 2.30. The average Bonchev–Trinajstić information content (AvgIpc) is 3.17. The standard InChI is InChI=1S/C19H17ClN2O4/c1-23-13-8-12(9-14(11-13)24-2)10-16(20)19-21-18(22-26-19)15-6-4-5-7-17(15)25-3/h4-11H,1-3H3/b16-10-. The molecule has 3 aromatic rings. The maximum absolute atomic E-state index is 6.36. The van der Waals surface area contributed by atoms with Gasteiger partial charge in [-0.25, -0.2) is 0 Å². The SMILES string of the molecule is COc1cc(/C=C(\Cl)c2nc(-c3ccccc3OC)no2)cc(OC)c1. The summed E-state index contributed by atoms with van der Waals surface area (Å²) in [4.78, 5) is 4.35. The van der Waals surface area contributed by atoms with Gasteiger partial charge in [-0.15, -0.1) is 0 Å². The monoisotopic (exact) mass is 372 g/mol. The highest BCUT2D eigenvalue weighted by molar-refractivity contribution is 6.50. The first-order chi connectivity index (χ1) is 12.6. The third-order valence-electron chi connectivity index (χ3n) is 3.65.